The van der Waals surface area contributed by atoms with Crippen molar-refractivity contribution in [3.05, 3.63) is 17.7 Å². The van der Waals surface area contributed by atoms with Crippen LogP contribution in [0.15, 0.2) is 12.1 Å². The molecule has 0 saturated carbocycles. The molecule has 2 rings (SSSR count). The molecule has 0 saturated heterocycles. The molecule has 5 nitrogen and oxygen atoms in total. The molecule has 19 heavy (non-hydrogen) atoms. The summed E-state index contributed by atoms with van der Waals surface area (Å²) in [5.41, 5.74) is 5.98. The number of nitrogen functional groups attached to an aromatic ring is 1. The minimum absolute atomic E-state index is 0.00734. The van der Waals surface area contributed by atoms with Gasteiger partial charge in [0.1, 0.15) is 5.75 Å². The molecule has 0 amide bonds. The largest absolute Gasteiger partial charge is 0.496 e. The van der Waals surface area contributed by atoms with E-state index in [1.165, 1.54) is 19.2 Å². The number of rotatable bonds is 3. The molecule has 1 aromatic heterocycles. The van der Waals surface area contributed by atoms with Gasteiger partial charge in [0.2, 0.25) is 0 Å². The van der Waals surface area contributed by atoms with Gasteiger partial charge >= 0.3 is 6.18 Å². The van der Waals surface area contributed by atoms with Gasteiger partial charge in [-0.15, -0.1) is 0 Å². The van der Waals surface area contributed by atoms with Gasteiger partial charge in [-0.2, -0.15) is 18.3 Å². The minimum Gasteiger partial charge on any atom is -0.496 e. The van der Waals surface area contributed by atoms with Gasteiger partial charge in [0.15, 0.2) is 11.9 Å². The number of nitrogens with one attached hydrogen (secondary N) is 1. The second kappa shape index (κ2) is 4.61. The van der Waals surface area contributed by atoms with E-state index in [1.54, 1.807) is 0 Å². The minimum atomic E-state index is -4.55. The molecule has 0 radical (unpaired) electrons. The van der Waals surface area contributed by atoms with Crippen LogP contribution in [0.2, 0.25) is 0 Å². The maximum absolute atomic E-state index is 12.9. The molecular formula is C11H12F3N3O2. The monoisotopic (exact) mass is 275 g/mol. The van der Waals surface area contributed by atoms with E-state index in [0.717, 1.165) is 7.11 Å². The first-order chi connectivity index (χ1) is 8.90. The van der Waals surface area contributed by atoms with Gasteiger partial charge < -0.3 is 15.2 Å². The first-order valence-corrected chi connectivity index (χ1v) is 5.30. The third-order valence-electron chi connectivity index (χ3n) is 2.76. The molecule has 3 N–H and O–H groups in total. The normalized spacial score (nSPS) is 13.7. The maximum atomic E-state index is 12.9. The van der Waals surface area contributed by atoms with E-state index in [2.05, 4.69) is 14.9 Å². The number of hydrogen-bond acceptors (Lipinski definition) is 4. The first kappa shape index (κ1) is 13.5. The van der Waals surface area contributed by atoms with Gasteiger partial charge in [-0.05, 0) is 6.07 Å². The van der Waals surface area contributed by atoms with Crippen molar-refractivity contribution in [3.63, 3.8) is 0 Å². The van der Waals surface area contributed by atoms with Crippen LogP contribution in [0.25, 0.3) is 10.9 Å². The molecule has 2 aromatic rings. The summed E-state index contributed by atoms with van der Waals surface area (Å²) in [5, 5.41) is 6.66. The zero-order valence-electron chi connectivity index (χ0n) is 10.2. The van der Waals surface area contributed by atoms with Crippen molar-refractivity contribution in [1.82, 2.24) is 10.2 Å². The highest BCUT2D eigenvalue weighted by Crippen LogP contribution is 2.43. The maximum Gasteiger partial charge on any atom is 0.418 e. The molecule has 0 bridgehead atoms. The fourth-order valence-corrected chi connectivity index (χ4v) is 1.99. The summed E-state index contributed by atoms with van der Waals surface area (Å²) in [4.78, 5) is 0. The lowest BCUT2D eigenvalue weighted by Gasteiger charge is -2.21. The topological polar surface area (TPSA) is 73.2 Å². The predicted molar refractivity (Wildman–Crippen MR) is 62.9 cm³/mol. The Bertz CT molecular complexity index is 595. The number of benzene rings is 1. The van der Waals surface area contributed by atoms with Crippen LogP contribution in [0.4, 0.5) is 19.0 Å². The summed E-state index contributed by atoms with van der Waals surface area (Å²) < 4.78 is 48.3. The summed E-state index contributed by atoms with van der Waals surface area (Å²) in [6.45, 7) is 0. The van der Waals surface area contributed by atoms with Crippen molar-refractivity contribution >= 4 is 16.7 Å². The quantitative estimate of drug-likeness (QED) is 0.902. The first-order valence-electron chi connectivity index (χ1n) is 5.30. The Kier molecular flexibility index (Phi) is 3.27. The Morgan fingerprint density at radius 2 is 2.00 bits per heavy atom. The van der Waals surface area contributed by atoms with Gasteiger partial charge in [0.05, 0.1) is 18.0 Å². The lowest BCUT2D eigenvalue weighted by atomic mass is 10.0. The van der Waals surface area contributed by atoms with Crippen molar-refractivity contribution in [3.8, 4) is 5.75 Å². The number of aromatic nitrogens is 2. The van der Waals surface area contributed by atoms with E-state index in [1.807, 2.05) is 0 Å². The molecule has 0 spiro atoms. The molecule has 0 aliphatic carbocycles. The summed E-state index contributed by atoms with van der Waals surface area (Å²) >= 11 is 0. The highest BCUT2D eigenvalue weighted by atomic mass is 19.4. The SMILES string of the molecule is COc1c(C(OC)C(F)(F)F)ccc2[nH]nc(N)c12. The lowest BCUT2D eigenvalue weighted by Crippen LogP contribution is -2.23. The average Bonchev–Trinajstić information content (AvgIpc) is 2.70. The number of fused-ring (bicyclic) bond motifs is 1. The number of methoxy groups -OCH3 is 2. The Balaban J connectivity index is 2.69. The van der Waals surface area contributed by atoms with E-state index in [9.17, 15) is 13.2 Å². The molecule has 1 heterocycles. The smallest absolute Gasteiger partial charge is 0.418 e. The molecule has 0 aliphatic heterocycles. The fourth-order valence-electron chi connectivity index (χ4n) is 1.99. The summed E-state index contributed by atoms with van der Waals surface area (Å²) in [7, 11) is 2.26. The van der Waals surface area contributed by atoms with Crippen molar-refractivity contribution in [2.24, 2.45) is 0 Å². The molecule has 104 valence electrons. The number of halogens is 3. The van der Waals surface area contributed by atoms with E-state index in [0.29, 0.717) is 10.9 Å². The predicted octanol–water partition coefficient (Wildman–Crippen LogP) is 2.40. The highest BCUT2D eigenvalue weighted by molar-refractivity contribution is 5.95. The average molecular weight is 275 g/mol. The van der Waals surface area contributed by atoms with Crippen LogP contribution in [-0.2, 0) is 4.74 Å². The van der Waals surface area contributed by atoms with Crippen LogP contribution in [-0.4, -0.2) is 30.6 Å². The lowest BCUT2D eigenvalue weighted by molar-refractivity contribution is -0.216. The van der Waals surface area contributed by atoms with E-state index in [4.69, 9.17) is 10.5 Å². The number of H-pyrrole nitrogens is 1. The van der Waals surface area contributed by atoms with Crippen molar-refractivity contribution < 1.29 is 22.6 Å². The molecule has 0 aliphatic rings. The Morgan fingerprint density at radius 1 is 1.32 bits per heavy atom. The van der Waals surface area contributed by atoms with Gasteiger partial charge in [0.25, 0.3) is 0 Å². The van der Waals surface area contributed by atoms with Crippen molar-refractivity contribution in [2.75, 3.05) is 20.0 Å². The molecule has 1 unspecified atom stereocenters. The Hall–Kier alpha value is -1.96. The van der Waals surface area contributed by atoms with Crippen LogP contribution in [0.5, 0.6) is 5.75 Å². The molecule has 0 fully saturated rings. The van der Waals surface area contributed by atoms with E-state index >= 15 is 0 Å². The van der Waals surface area contributed by atoms with Crippen LogP contribution >= 0.6 is 0 Å². The van der Waals surface area contributed by atoms with Gasteiger partial charge in [-0.25, -0.2) is 0 Å². The molecule has 8 heteroatoms. The number of anilines is 1. The standard InChI is InChI=1S/C11H12F3N3O2/c1-18-8-5(9(19-2)11(12,13)14)3-4-6-7(8)10(15)17-16-6/h3-4,9H,1-2H3,(H3,15,16,17). The van der Waals surface area contributed by atoms with Crippen LogP contribution in [0.1, 0.15) is 11.7 Å². The third-order valence-corrected chi connectivity index (χ3v) is 2.76. The van der Waals surface area contributed by atoms with Crippen LogP contribution in [0, 0.1) is 0 Å². The number of aromatic amines is 1. The summed E-state index contributed by atoms with van der Waals surface area (Å²) in [5.74, 6) is 0.0821. The highest BCUT2D eigenvalue weighted by Gasteiger charge is 2.43. The Labute approximate surface area is 106 Å². The second-order valence-corrected chi connectivity index (χ2v) is 3.88. The third kappa shape index (κ3) is 2.19. The second-order valence-electron chi connectivity index (χ2n) is 3.88. The molecule has 1 atom stereocenters. The van der Waals surface area contributed by atoms with Gasteiger partial charge in [0, 0.05) is 12.7 Å². The number of ether oxygens (including phenoxy) is 2. The molecular weight excluding hydrogens is 263 g/mol. The van der Waals surface area contributed by atoms with Crippen molar-refractivity contribution in [1.29, 1.82) is 0 Å². The van der Waals surface area contributed by atoms with Crippen LogP contribution in [0.3, 0.4) is 0 Å². The van der Waals surface area contributed by atoms with Crippen molar-refractivity contribution in [2.45, 2.75) is 12.3 Å². The Morgan fingerprint density at radius 3 is 2.53 bits per heavy atom. The number of nitrogens with two attached hydrogens (primary N) is 1. The number of hydrogen-bond donors (Lipinski definition) is 2. The van der Waals surface area contributed by atoms with E-state index in [-0.39, 0.29) is 17.1 Å². The van der Waals surface area contributed by atoms with Crippen LogP contribution < -0.4 is 10.5 Å². The van der Waals surface area contributed by atoms with E-state index < -0.39 is 12.3 Å². The number of nitrogens with zero attached hydrogens (tertiary/aromatic N) is 1. The zero-order valence-corrected chi connectivity index (χ0v) is 10.2. The van der Waals surface area contributed by atoms with Gasteiger partial charge in [-0.3, -0.25) is 5.10 Å². The van der Waals surface area contributed by atoms with Gasteiger partial charge in [-0.1, -0.05) is 6.07 Å². The summed E-state index contributed by atoms with van der Waals surface area (Å²) in [6.07, 6.45) is -6.63. The number of alkyl halides is 3. The zero-order chi connectivity index (χ0) is 14.2. The fraction of sp³-hybridized carbons (Fsp3) is 0.364. The summed E-state index contributed by atoms with van der Waals surface area (Å²) in [6, 6.07) is 2.73. The molecule has 1 aromatic carbocycles.